The predicted molar refractivity (Wildman–Crippen MR) is 72.1 cm³/mol. The Labute approximate surface area is 109 Å². The van der Waals surface area contributed by atoms with E-state index in [1.807, 2.05) is 23.3 Å². The molecule has 6 heteroatoms. The fraction of sp³-hybridized carbons (Fsp3) is 0.417. The van der Waals surface area contributed by atoms with Crippen molar-refractivity contribution in [1.29, 1.82) is 0 Å². The largest absolute Gasteiger partial charge is 0.481 e. The number of carboxylic acids is 1. The Morgan fingerprint density at radius 2 is 2.33 bits per heavy atom. The van der Waals surface area contributed by atoms with E-state index in [0.717, 1.165) is 22.6 Å². The molecule has 2 heterocycles. The zero-order valence-corrected chi connectivity index (χ0v) is 11.1. The SMILES string of the molecule is CCN(CC(C)C(=O)O)c1ncnc2sccc12. The molecule has 0 spiro atoms. The number of fused-ring (bicyclic) bond motifs is 1. The summed E-state index contributed by atoms with van der Waals surface area (Å²) in [5.74, 6) is -0.394. The molecule has 18 heavy (non-hydrogen) atoms. The van der Waals surface area contributed by atoms with Gasteiger partial charge in [0.1, 0.15) is 17.0 Å². The molecule has 2 rings (SSSR count). The molecule has 0 saturated carbocycles. The van der Waals surface area contributed by atoms with Gasteiger partial charge in [0.25, 0.3) is 0 Å². The second-order valence-corrected chi connectivity index (χ2v) is 5.01. The first-order valence-corrected chi connectivity index (χ1v) is 6.67. The number of thiophene rings is 1. The summed E-state index contributed by atoms with van der Waals surface area (Å²) in [6, 6.07) is 1.98. The van der Waals surface area contributed by atoms with Crippen molar-refractivity contribution in [2.75, 3.05) is 18.0 Å². The Morgan fingerprint density at radius 1 is 1.56 bits per heavy atom. The van der Waals surface area contributed by atoms with Gasteiger partial charge < -0.3 is 10.0 Å². The predicted octanol–water partition coefficient (Wildman–Crippen LogP) is 2.24. The molecule has 0 aliphatic rings. The minimum Gasteiger partial charge on any atom is -0.481 e. The normalized spacial score (nSPS) is 12.6. The van der Waals surface area contributed by atoms with E-state index in [9.17, 15) is 4.79 Å². The molecule has 2 aromatic heterocycles. The van der Waals surface area contributed by atoms with Crippen LogP contribution in [0.4, 0.5) is 5.82 Å². The Kier molecular flexibility index (Phi) is 3.76. The van der Waals surface area contributed by atoms with Crippen LogP contribution in [0.15, 0.2) is 17.8 Å². The Morgan fingerprint density at radius 3 is 3.00 bits per heavy atom. The van der Waals surface area contributed by atoms with E-state index >= 15 is 0 Å². The van der Waals surface area contributed by atoms with Gasteiger partial charge in [-0.2, -0.15) is 0 Å². The van der Waals surface area contributed by atoms with Crippen LogP contribution < -0.4 is 4.90 Å². The van der Waals surface area contributed by atoms with Gasteiger partial charge in [0.05, 0.1) is 11.3 Å². The molecule has 1 N–H and O–H groups in total. The summed E-state index contributed by atoms with van der Waals surface area (Å²) in [5, 5.41) is 11.9. The molecule has 96 valence electrons. The highest BCUT2D eigenvalue weighted by atomic mass is 32.1. The molecule has 0 aromatic carbocycles. The third kappa shape index (κ3) is 2.43. The quantitative estimate of drug-likeness (QED) is 0.898. The molecule has 0 amide bonds. The Hall–Kier alpha value is -1.69. The monoisotopic (exact) mass is 265 g/mol. The van der Waals surface area contributed by atoms with Gasteiger partial charge in [-0.3, -0.25) is 4.79 Å². The standard InChI is InChI=1S/C12H15N3O2S/c1-3-15(6-8(2)12(16)17)10-9-4-5-18-11(9)14-7-13-10/h4-5,7-8H,3,6H2,1-2H3,(H,16,17). The zero-order chi connectivity index (χ0) is 13.1. The van der Waals surface area contributed by atoms with Gasteiger partial charge in [0.15, 0.2) is 0 Å². The van der Waals surface area contributed by atoms with Crippen molar-refractivity contribution < 1.29 is 9.90 Å². The van der Waals surface area contributed by atoms with Gasteiger partial charge in [-0.1, -0.05) is 6.92 Å². The van der Waals surface area contributed by atoms with Crippen LogP contribution in [0, 0.1) is 5.92 Å². The van der Waals surface area contributed by atoms with Crippen LogP contribution in [0.5, 0.6) is 0 Å². The van der Waals surface area contributed by atoms with Crippen molar-refractivity contribution in [2.24, 2.45) is 5.92 Å². The Bertz CT molecular complexity index is 555. The first-order valence-electron chi connectivity index (χ1n) is 5.79. The number of hydrogen-bond donors (Lipinski definition) is 1. The number of carboxylic acid groups (broad SMARTS) is 1. The lowest BCUT2D eigenvalue weighted by Gasteiger charge is -2.24. The minimum atomic E-state index is -0.788. The van der Waals surface area contributed by atoms with Crippen LogP contribution >= 0.6 is 11.3 Å². The number of rotatable bonds is 5. The number of aliphatic carboxylic acids is 1. The average molecular weight is 265 g/mol. The maximum atomic E-state index is 10.9. The summed E-state index contributed by atoms with van der Waals surface area (Å²) in [5.41, 5.74) is 0. The molecular weight excluding hydrogens is 250 g/mol. The topological polar surface area (TPSA) is 66.3 Å². The molecule has 1 unspecified atom stereocenters. The van der Waals surface area contributed by atoms with Gasteiger partial charge in [-0.05, 0) is 18.4 Å². The second kappa shape index (κ2) is 5.30. The van der Waals surface area contributed by atoms with Crippen molar-refractivity contribution in [3.63, 3.8) is 0 Å². The molecule has 0 saturated heterocycles. The van der Waals surface area contributed by atoms with E-state index in [1.165, 1.54) is 6.33 Å². The van der Waals surface area contributed by atoms with E-state index in [2.05, 4.69) is 9.97 Å². The van der Waals surface area contributed by atoms with Crippen LogP contribution in [-0.4, -0.2) is 34.1 Å². The molecule has 5 nitrogen and oxygen atoms in total. The van der Waals surface area contributed by atoms with Crippen LogP contribution in [0.25, 0.3) is 10.2 Å². The number of aromatic nitrogens is 2. The Balaban J connectivity index is 2.32. The summed E-state index contributed by atoms with van der Waals surface area (Å²) in [7, 11) is 0. The van der Waals surface area contributed by atoms with Crippen molar-refractivity contribution >= 4 is 33.3 Å². The van der Waals surface area contributed by atoms with Crippen LogP contribution in [0.1, 0.15) is 13.8 Å². The third-order valence-electron chi connectivity index (χ3n) is 2.84. The summed E-state index contributed by atoms with van der Waals surface area (Å²) in [6.07, 6.45) is 1.53. The smallest absolute Gasteiger partial charge is 0.308 e. The van der Waals surface area contributed by atoms with E-state index in [-0.39, 0.29) is 0 Å². The van der Waals surface area contributed by atoms with Gasteiger partial charge >= 0.3 is 5.97 Å². The molecular formula is C12H15N3O2S. The average Bonchev–Trinajstić information content (AvgIpc) is 2.83. The molecule has 0 bridgehead atoms. The van der Waals surface area contributed by atoms with Crippen LogP contribution in [0.2, 0.25) is 0 Å². The van der Waals surface area contributed by atoms with Crippen molar-refractivity contribution in [3.8, 4) is 0 Å². The van der Waals surface area contributed by atoms with E-state index in [1.54, 1.807) is 18.3 Å². The van der Waals surface area contributed by atoms with Gasteiger partial charge in [0, 0.05) is 13.1 Å². The molecule has 0 aliphatic heterocycles. The van der Waals surface area contributed by atoms with Gasteiger partial charge in [-0.25, -0.2) is 9.97 Å². The molecule has 1 atom stereocenters. The first kappa shape index (κ1) is 12.8. The van der Waals surface area contributed by atoms with E-state index in [4.69, 9.17) is 5.11 Å². The van der Waals surface area contributed by atoms with E-state index < -0.39 is 11.9 Å². The summed E-state index contributed by atoms with van der Waals surface area (Å²) in [6.45, 7) is 4.87. The number of anilines is 1. The highest BCUT2D eigenvalue weighted by molar-refractivity contribution is 7.16. The fourth-order valence-electron chi connectivity index (χ4n) is 1.80. The van der Waals surface area contributed by atoms with Crippen LogP contribution in [-0.2, 0) is 4.79 Å². The van der Waals surface area contributed by atoms with E-state index in [0.29, 0.717) is 6.54 Å². The lowest BCUT2D eigenvalue weighted by Crippen LogP contribution is -2.32. The van der Waals surface area contributed by atoms with Crippen molar-refractivity contribution in [2.45, 2.75) is 13.8 Å². The maximum absolute atomic E-state index is 10.9. The zero-order valence-electron chi connectivity index (χ0n) is 10.3. The van der Waals surface area contributed by atoms with Gasteiger partial charge in [-0.15, -0.1) is 11.3 Å². The second-order valence-electron chi connectivity index (χ2n) is 4.11. The minimum absolute atomic E-state index is 0.423. The fourth-order valence-corrected chi connectivity index (χ4v) is 2.53. The highest BCUT2D eigenvalue weighted by Crippen LogP contribution is 2.27. The lowest BCUT2D eigenvalue weighted by molar-refractivity contribution is -0.140. The first-order chi connectivity index (χ1) is 8.63. The van der Waals surface area contributed by atoms with Crippen molar-refractivity contribution in [1.82, 2.24) is 9.97 Å². The molecule has 0 fully saturated rings. The highest BCUT2D eigenvalue weighted by Gasteiger charge is 2.18. The number of hydrogen-bond acceptors (Lipinski definition) is 5. The summed E-state index contributed by atoms with van der Waals surface area (Å²) in [4.78, 5) is 22.3. The number of nitrogens with zero attached hydrogens (tertiary/aromatic N) is 3. The lowest BCUT2D eigenvalue weighted by atomic mass is 10.1. The maximum Gasteiger partial charge on any atom is 0.308 e. The summed E-state index contributed by atoms with van der Waals surface area (Å²) >= 11 is 1.56. The van der Waals surface area contributed by atoms with Crippen molar-refractivity contribution in [3.05, 3.63) is 17.8 Å². The van der Waals surface area contributed by atoms with Crippen LogP contribution in [0.3, 0.4) is 0 Å². The molecule has 2 aromatic rings. The molecule has 0 aliphatic carbocycles. The van der Waals surface area contributed by atoms with Gasteiger partial charge in [0.2, 0.25) is 0 Å². The third-order valence-corrected chi connectivity index (χ3v) is 3.66. The summed E-state index contributed by atoms with van der Waals surface area (Å²) < 4.78 is 0. The number of carbonyl (C=O) groups is 1. The molecule has 0 radical (unpaired) electrons.